The lowest BCUT2D eigenvalue weighted by atomic mass is 10.1. The molecule has 0 radical (unpaired) electrons. The van der Waals surface area contributed by atoms with Crippen molar-refractivity contribution in [1.82, 2.24) is 5.32 Å². The summed E-state index contributed by atoms with van der Waals surface area (Å²) >= 11 is 3.51. The van der Waals surface area contributed by atoms with Crippen LogP contribution in [-0.4, -0.2) is 12.5 Å². The maximum absolute atomic E-state index is 12.2. The third kappa shape index (κ3) is 5.39. The van der Waals surface area contributed by atoms with Crippen molar-refractivity contribution in [2.45, 2.75) is 32.7 Å². The molecule has 122 valence electrons. The summed E-state index contributed by atoms with van der Waals surface area (Å²) in [5, 5.41) is 3.05. The number of hydrogen-bond acceptors (Lipinski definition) is 2. The Morgan fingerprint density at radius 3 is 2.74 bits per heavy atom. The zero-order valence-corrected chi connectivity index (χ0v) is 15.1. The van der Waals surface area contributed by atoms with E-state index in [1.165, 1.54) is 0 Å². The second-order valence-electron chi connectivity index (χ2n) is 5.39. The Morgan fingerprint density at radius 2 is 2.00 bits per heavy atom. The first-order chi connectivity index (χ1) is 11.1. The number of rotatable bonds is 7. The Hall–Kier alpha value is -1.81. The van der Waals surface area contributed by atoms with Crippen molar-refractivity contribution in [3.63, 3.8) is 0 Å². The van der Waals surface area contributed by atoms with Crippen molar-refractivity contribution < 1.29 is 9.53 Å². The Morgan fingerprint density at radius 1 is 1.22 bits per heavy atom. The summed E-state index contributed by atoms with van der Waals surface area (Å²) in [6.07, 6.45) is 1.19. The number of hydrogen-bond donors (Lipinski definition) is 1. The SMILES string of the molecule is CCOc1cccc(C(C)NC(=O)CCc2ccccc2Br)c1. The van der Waals surface area contributed by atoms with Gasteiger partial charge in [-0.05, 0) is 49.6 Å². The lowest BCUT2D eigenvalue weighted by Gasteiger charge is -2.15. The Kier molecular flexibility index (Phi) is 6.66. The predicted octanol–water partition coefficient (Wildman–Crippen LogP) is 4.66. The maximum atomic E-state index is 12.2. The molecule has 1 amide bonds. The van der Waals surface area contributed by atoms with E-state index in [1.54, 1.807) is 0 Å². The first-order valence-electron chi connectivity index (χ1n) is 7.85. The number of ether oxygens (including phenoxy) is 1. The van der Waals surface area contributed by atoms with Crippen LogP contribution in [0.4, 0.5) is 0 Å². The maximum Gasteiger partial charge on any atom is 0.220 e. The van der Waals surface area contributed by atoms with Gasteiger partial charge < -0.3 is 10.1 Å². The van der Waals surface area contributed by atoms with Gasteiger partial charge in [0.2, 0.25) is 5.91 Å². The van der Waals surface area contributed by atoms with Gasteiger partial charge in [-0.3, -0.25) is 4.79 Å². The highest BCUT2D eigenvalue weighted by molar-refractivity contribution is 9.10. The smallest absolute Gasteiger partial charge is 0.220 e. The molecule has 23 heavy (non-hydrogen) atoms. The van der Waals surface area contributed by atoms with Gasteiger partial charge >= 0.3 is 0 Å². The fraction of sp³-hybridized carbons (Fsp3) is 0.316. The van der Waals surface area contributed by atoms with Crippen LogP contribution in [-0.2, 0) is 11.2 Å². The number of aryl methyl sites for hydroxylation is 1. The molecule has 1 N–H and O–H groups in total. The van der Waals surface area contributed by atoms with Crippen LogP contribution in [0.25, 0.3) is 0 Å². The summed E-state index contributed by atoms with van der Waals surface area (Å²) in [6, 6.07) is 15.8. The zero-order chi connectivity index (χ0) is 16.7. The molecule has 0 aromatic heterocycles. The number of nitrogens with one attached hydrogen (secondary N) is 1. The Bertz CT molecular complexity index is 657. The van der Waals surface area contributed by atoms with E-state index in [9.17, 15) is 4.79 Å². The molecule has 0 bridgehead atoms. The van der Waals surface area contributed by atoms with Gasteiger partial charge in [0, 0.05) is 10.9 Å². The largest absolute Gasteiger partial charge is 0.494 e. The quantitative estimate of drug-likeness (QED) is 0.764. The molecule has 2 rings (SSSR count). The molecule has 3 nitrogen and oxygen atoms in total. The van der Waals surface area contributed by atoms with E-state index in [1.807, 2.05) is 62.4 Å². The number of halogens is 1. The van der Waals surface area contributed by atoms with Crippen LogP contribution in [0.1, 0.15) is 37.4 Å². The van der Waals surface area contributed by atoms with Crippen LogP contribution < -0.4 is 10.1 Å². The molecule has 0 aliphatic carbocycles. The zero-order valence-electron chi connectivity index (χ0n) is 13.5. The first-order valence-corrected chi connectivity index (χ1v) is 8.65. The van der Waals surface area contributed by atoms with E-state index in [-0.39, 0.29) is 11.9 Å². The summed E-state index contributed by atoms with van der Waals surface area (Å²) < 4.78 is 6.55. The normalized spacial score (nSPS) is 11.8. The average Bonchev–Trinajstić information content (AvgIpc) is 2.54. The summed E-state index contributed by atoms with van der Waals surface area (Å²) in [6.45, 7) is 4.58. The van der Waals surface area contributed by atoms with Crippen LogP contribution in [0.15, 0.2) is 53.0 Å². The monoisotopic (exact) mass is 375 g/mol. The van der Waals surface area contributed by atoms with Crippen molar-refractivity contribution in [2.75, 3.05) is 6.61 Å². The molecule has 0 aliphatic rings. The molecule has 0 saturated carbocycles. The number of carbonyl (C=O) groups is 1. The molecule has 0 aliphatic heterocycles. The highest BCUT2D eigenvalue weighted by atomic mass is 79.9. The minimum atomic E-state index is -0.0397. The van der Waals surface area contributed by atoms with Crippen LogP contribution in [0, 0.1) is 0 Å². The van der Waals surface area contributed by atoms with E-state index in [0.717, 1.165) is 27.8 Å². The van der Waals surface area contributed by atoms with Crippen LogP contribution in [0.2, 0.25) is 0 Å². The third-order valence-corrected chi connectivity index (χ3v) is 4.40. The highest BCUT2D eigenvalue weighted by Gasteiger charge is 2.11. The Labute approximate surface area is 146 Å². The summed E-state index contributed by atoms with van der Waals surface area (Å²) in [5.74, 6) is 0.884. The van der Waals surface area contributed by atoms with Gasteiger partial charge in [-0.1, -0.05) is 46.3 Å². The minimum Gasteiger partial charge on any atom is -0.494 e. The van der Waals surface area contributed by atoms with Gasteiger partial charge in [-0.15, -0.1) is 0 Å². The molecular formula is C19H22BrNO2. The molecule has 0 fully saturated rings. The van der Waals surface area contributed by atoms with Gasteiger partial charge in [-0.2, -0.15) is 0 Å². The van der Waals surface area contributed by atoms with Crippen molar-refractivity contribution in [2.24, 2.45) is 0 Å². The third-order valence-electron chi connectivity index (χ3n) is 3.63. The van der Waals surface area contributed by atoms with Crippen molar-refractivity contribution in [3.05, 3.63) is 64.1 Å². The van der Waals surface area contributed by atoms with Crippen molar-refractivity contribution in [3.8, 4) is 5.75 Å². The highest BCUT2D eigenvalue weighted by Crippen LogP contribution is 2.20. The molecule has 2 aromatic rings. The van der Waals surface area contributed by atoms with E-state index < -0.39 is 0 Å². The molecule has 0 saturated heterocycles. The summed E-state index contributed by atoms with van der Waals surface area (Å²) in [7, 11) is 0. The lowest BCUT2D eigenvalue weighted by molar-refractivity contribution is -0.121. The molecule has 1 atom stereocenters. The fourth-order valence-electron chi connectivity index (χ4n) is 2.39. The minimum absolute atomic E-state index is 0.0397. The summed E-state index contributed by atoms with van der Waals surface area (Å²) in [5.41, 5.74) is 2.19. The van der Waals surface area contributed by atoms with E-state index in [4.69, 9.17) is 4.74 Å². The molecule has 4 heteroatoms. The van der Waals surface area contributed by atoms with Crippen LogP contribution in [0.3, 0.4) is 0 Å². The van der Waals surface area contributed by atoms with Gasteiger partial charge in [0.25, 0.3) is 0 Å². The van der Waals surface area contributed by atoms with E-state index >= 15 is 0 Å². The Balaban J connectivity index is 1.89. The topological polar surface area (TPSA) is 38.3 Å². The van der Waals surface area contributed by atoms with Gasteiger partial charge in [0.1, 0.15) is 5.75 Å². The predicted molar refractivity (Wildman–Crippen MR) is 96.6 cm³/mol. The lowest BCUT2D eigenvalue weighted by Crippen LogP contribution is -2.26. The summed E-state index contributed by atoms with van der Waals surface area (Å²) in [4.78, 5) is 12.2. The number of carbonyl (C=O) groups excluding carboxylic acids is 1. The number of benzene rings is 2. The first kappa shape index (κ1) is 17.5. The standard InChI is InChI=1S/C19H22BrNO2/c1-3-23-17-9-6-8-16(13-17)14(2)21-19(22)12-11-15-7-4-5-10-18(15)20/h4-10,13-14H,3,11-12H2,1-2H3,(H,21,22). The van der Waals surface area contributed by atoms with Crippen molar-refractivity contribution >= 4 is 21.8 Å². The van der Waals surface area contributed by atoms with Crippen molar-refractivity contribution in [1.29, 1.82) is 0 Å². The second kappa shape index (κ2) is 8.73. The molecular weight excluding hydrogens is 354 g/mol. The van der Waals surface area contributed by atoms with E-state index in [2.05, 4.69) is 21.2 Å². The molecule has 1 unspecified atom stereocenters. The molecule has 0 heterocycles. The van der Waals surface area contributed by atoms with Gasteiger partial charge in [0.05, 0.1) is 12.6 Å². The van der Waals surface area contributed by atoms with Crippen LogP contribution in [0.5, 0.6) is 5.75 Å². The second-order valence-corrected chi connectivity index (χ2v) is 6.24. The van der Waals surface area contributed by atoms with Crippen LogP contribution >= 0.6 is 15.9 Å². The van der Waals surface area contributed by atoms with Gasteiger partial charge in [0.15, 0.2) is 0 Å². The van der Waals surface area contributed by atoms with Gasteiger partial charge in [-0.25, -0.2) is 0 Å². The van der Waals surface area contributed by atoms with E-state index in [0.29, 0.717) is 13.0 Å². The molecule has 2 aromatic carbocycles. The fourth-order valence-corrected chi connectivity index (χ4v) is 2.87. The number of amides is 1. The molecule has 0 spiro atoms. The average molecular weight is 376 g/mol.